The molecule has 0 fully saturated rings. The van der Waals surface area contributed by atoms with Gasteiger partial charge < -0.3 is 16.0 Å². The number of amides is 3. The van der Waals surface area contributed by atoms with Crippen LogP contribution in [-0.2, 0) is 16.0 Å². The van der Waals surface area contributed by atoms with E-state index in [1.807, 2.05) is 56.3 Å². The highest BCUT2D eigenvalue weighted by Gasteiger charge is 2.24. The number of rotatable bonds is 7. The summed E-state index contributed by atoms with van der Waals surface area (Å²) in [5.41, 5.74) is 1.99. The molecule has 0 saturated heterocycles. The molecular formula is C25H27N3O3. The zero-order valence-electron chi connectivity index (χ0n) is 17.9. The lowest BCUT2D eigenvalue weighted by atomic mass is 10.00. The molecule has 0 saturated carbocycles. The van der Waals surface area contributed by atoms with Gasteiger partial charge in [-0.25, -0.2) is 0 Å². The second-order valence-corrected chi connectivity index (χ2v) is 7.75. The van der Waals surface area contributed by atoms with E-state index >= 15 is 0 Å². The Hall–Kier alpha value is -3.67. The maximum atomic E-state index is 12.8. The third kappa shape index (κ3) is 5.48. The molecule has 3 aromatic rings. The van der Waals surface area contributed by atoms with Gasteiger partial charge in [0.15, 0.2) is 0 Å². The molecular weight excluding hydrogens is 390 g/mol. The van der Waals surface area contributed by atoms with Crippen LogP contribution < -0.4 is 16.0 Å². The molecule has 31 heavy (non-hydrogen) atoms. The number of hydrogen-bond acceptors (Lipinski definition) is 3. The maximum absolute atomic E-state index is 12.8. The molecule has 3 rings (SSSR count). The summed E-state index contributed by atoms with van der Waals surface area (Å²) in [5, 5.41) is 10.4. The van der Waals surface area contributed by atoms with E-state index in [9.17, 15) is 14.4 Å². The molecule has 160 valence electrons. The first-order valence-electron chi connectivity index (χ1n) is 10.3. The quantitative estimate of drug-likeness (QED) is 0.550. The van der Waals surface area contributed by atoms with E-state index in [4.69, 9.17) is 0 Å². The number of carbonyl (C=O) groups is 3. The lowest BCUT2D eigenvalue weighted by Gasteiger charge is -2.22. The van der Waals surface area contributed by atoms with Gasteiger partial charge in [-0.05, 0) is 46.5 Å². The molecule has 0 spiro atoms. The minimum Gasteiger partial charge on any atom is -0.355 e. The minimum atomic E-state index is -0.680. The zero-order chi connectivity index (χ0) is 22.4. The first-order chi connectivity index (χ1) is 14.9. The summed E-state index contributed by atoms with van der Waals surface area (Å²) in [6, 6.07) is 19.7. The van der Waals surface area contributed by atoms with Crippen molar-refractivity contribution in [2.45, 2.75) is 26.3 Å². The van der Waals surface area contributed by atoms with Gasteiger partial charge in [0, 0.05) is 18.3 Å². The van der Waals surface area contributed by atoms with Crippen molar-refractivity contribution in [1.82, 2.24) is 10.6 Å². The Morgan fingerprint density at radius 1 is 0.871 bits per heavy atom. The smallest absolute Gasteiger partial charge is 0.251 e. The van der Waals surface area contributed by atoms with Crippen molar-refractivity contribution in [3.63, 3.8) is 0 Å². The summed E-state index contributed by atoms with van der Waals surface area (Å²) in [5.74, 6) is -0.797. The first-order valence-corrected chi connectivity index (χ1v) is 10.3. The first kappa shape index (κ1) is 22.0. The fourth-order valence-electron chi connectivity index (χ4n) is 3.45. The van der Waals surface area contributed by atoms with E-state index in [1.165, 1.54) is 0 Å². The van der Waals surface area contributed by atoms with Gasteiger partial charge in [-0.2, -0.15) is 0 Å². The van der Waals surface area contributed by atoms with Gasteiger partial charge in [0.25, 0.3) is 5.91 Å². The molecule has 0 aliphatic heterocycles. The number of carbonyl (C=O) groups excluding carboxylic acids is 3. The Morgan fingerprint density at radius 2 is 1.55 bits per heavy atom. The fourth-order valence-corrected chi connectivity index (χ4v) is 3.45. The van der Waals surface area contributed by atoms with Gasteiger partial charge >= 0.3 is 0 Å². The molecule has 0 radical (unpaired) electrons. The van der Waals surface area contributed by atoms with Crippen LogP contribution in [0.3, 0.4) is 0 Å². The third-order valence-corrected chi connectivity index (χ3v) is 5.14. The minimum absolute atomic E-state index is 0.0957. The van der Waals surface area contributed by atoms with Gasteiger partial charge in [-0.15, -0.1) is 0 Å². The maximum Gasteiger partial charge on any atom is 0.251 e. The lowest BCUT2D eigenvalue weighted by molar-refractivity contribution is -0.127. The zero-order valence-corrected chi connectivity index (χ0v) is 17.9. The van der Waals surface area contributed by atoms with E-state index in [0.29, 0.717) is 11.3 Å². The lowest BCUT2D eigenvalue weighted by Crippen LogP contribution is -2.47. The molecule has 0 heterocycles. The van der Waals surface area contributed by atoms with E-state index < -0.39 is 6.04 Å². The van der Waals surface area contributed by atoms with Crippen LogP contribution in [0.25, 0.3) is 10.8 Å². The van der Waals surface area contributed by atoms with Crippen molar-refractivity contribution in [3.05, 3.63) is 77.9 Å². The van der Waals surface area contributed by atoms with Crippen LogP contribution in [0, 0.1) is 5.92 Å². The monoisotopic (exact) mass is 417 g/mol. The molecule has 3 aromatic carbocycles. The normalized spacial score (nSPS) is 11.7. The topological polar surface area (TPSA) is 87.3 Å². The molecule has 0 aliphatic carbocycles. The predicted molar refractivity (Wildman–Crippen MR) is 123 cm³/mol. The van der Waals surface area contributed by atoms with Crippen molar-refractivity contribution < 1.29 is 14.4 Å². The van der Waals surface area contributed by atoms with Crippen LogP contribution in [0.15, 0.2) is 66.7 Å². The van der Waals surface area contributed by atoms with Gasteiger partial charge in [-0.1, -0.05) is 56.3 Å². The Bertz CT molecular complexity index is 1090. The molecule has 0 aliphatic rings. The van der Waals surface area contributed by atoms with Crippen LogP contribution in [-0.4, -0.2) is 30.8 Å². The molecule has 3 N–H and O–H groups in total. The summed E-state index contributed by atoms with van der Waals surface area (Å²) < 4.78 is 0. The number of benzene rings is 3. The van der Waals surface area contributed by atoms with Gasteiger partial charge in [-0.3, -0.25) is 14.4 Å². The summed E-state index contributed by atoms with van der Waals surface area (Å²) in [6.07, 6.45) is 0.193. The summed E-state index contributed by atoms with van der Waals surface area (Å²) in [4.78, 5) is 37.2. The molecule has 3 amide bonds. The Kier molecular flexibility index (Phi) is 7.03. The van der Waals surface area contributed by atoms with Crippen molar-refractivity contribution >= 4 is 34.2 Å². The van der Waals surface area contributed by atoms with E-state index in [1.54, 1.807) is 31.3 Å². The molecule has 0 bridgehead atoms. The van der Waals surface area contributed by atoms with E-state index in [0.717, 1.165) is 16.3 Å². The van der Waals surface area contributed by atoms with Crippen LogP contribution in [0.1, 0.15) is 29.8 Å². The SMILES string of the molecule is CNC(=O)c1ccc(NC(=O)[C@@H](NC(=O)Cc2cccc3ccccc23)C(C)C)cc1. The van der Waals surface area contributed by atoms with E-state index in [-0.39, 0.29) is 30.1 Å². The number of fused-ring (bicyclic) bond motifs is 1. The molecule has 0 aromatic heterocycles. The van der Waals surface area contributed by atoms with Crippen molar-refractivity contribution in [2.24, 2.45) is 5.92 Å². The van der Waals surface area contributed by atoms with Crippen molar-refractivity contribution in [2.75, 3.05) is 12.4 Å². The highest BCUT2D eigenvalue weighted by Crippen LogP contribution is 2.19. The Labute approximate surface area is 182 Å². The van der Waals surface area contributed by atoms with E-state index in [2.05, 4.69) is 16.0 Å². The fraction of sp³-hybridized carbons (Fsp3) is 0.240. The van der Waals surface area contributed by atoms with Crippen LogP contribution >= 0.6 is 0 Å². The highest BCUT2D eigenvalue weighted by molar-refractivity contribution is 5.99. The summed E-state index contributed by atoms with van der Waals surface area (Å²) in [6.45, 7) is 3.77. The number of nitrogens with one attached hydrogen (secondary N) is 3. The van der Waals surface area contributed by atoms with Crippen LogP contribution in [0.2, 0.25) is 0 Å². The molecule has 0 unspecified atom stereocenters. The second-order valence-electron chi connectivity index (χ2n) is 7.75. The van der Waals surface area contributed by atoms with Gasteiger partial charge in [0.2, 0.25) is 11.8 Å². The van der Waals surface area contributed by atoms with Crippen LogP contribution in [0.4, 0.5) is 5.69 Å². The molecule has 6 nitrogen and oxygen atoms in total. The number of hydrogen-bond donors (Lipinski definition) is 3. The Morgan fingerprint density at radius 3 is 2.23 bits per heavy atom. The van der Waals surface area contributed by atoms with Crippen molar-refractivity contribution in [1.29, 1.82) is 0 Å². The van der Waals surface area contributed by atoms with Crippen molar-refractivity contribution in [3.8, 4) is 0 Å². The predicted octanol–water partition coefficient (Wildman–Crippen LogP) is 3.52. The largest absolute Gasteiger partial charge is 0.355 e. The van der Waals surface area contributed by atoms with Crippen LogP contribution in [0.5, 0.6) is 0 Å². The molecule has 1 atom stereocenters. The summed E-state index contributed by atoms with van der Waals surface area (Å²) >= 11 is 0. The summed E-state index contributed by atoms with van der Waals surface area (Å²) in [7, 11) is 1.56. The van der Waals surface area contributed by atoms with Gasteiger partial charge in [0.1, 0.15) is 6.04 Å². The third-order valence-electron chi connectivity index (χ3n) is 5.14. The number of anilines is 1. The average molecular weight is 418 g/mol. The highest BCUT2D eigenvalue weighted by atomic mass is 16.2. The average Bonchev–Trinajstić information content (AvgIpc) is 2.77. The Balaban J connectivity index is 1.68. The second kappa shape index (κ2) is 9.89. The standard InChI is InChI=1S/C25H27N3O3/c1-16(2)23(25(31)27-20-13-11-18(12-14-20)24(30)26-3)28-22(29)15-19-9-6-8-17-7-4-5-10-21(17)19/h4-14,16,23H,15H2,1-3H3,(H,26,30)(H,27,31)(H,28,29)/t23-/m0/s1. The molecule has 6 heteroatoms. The van der Waals surface area contributed by atoms with Gasteiger partial charge in [0.05, 0.1) is 6.42 Å².